The van der Waals surface area contributed by atoms with Crippen LogP contribution in [-0.2, 0) is 16.2 Å². The van der Waals surface area contributed by atoms with Crippen molar-refractivity contribution >= 4 is 16.2 Å². The molecular weight excluding hydrogens is 429 g/mol. The monoisotopic (exact) mass is 444 g/mol. The molecule has 2 aliphatic rings. The lowest BCUT2D eigenvalue weighted by atomic mass is 9.96. The third-order valence-corrected chi connectivity index (χ3v) is 7.18. The van der Waals surface area contributed by atoms with E-state index in [0.29, 0.717) is 16.4 Å². The van der Waals surface area contributed by atoms with Gasteiger partial charge in [-0.15, -0.1) is 0 Å². The van der Waals surface area contributed by atoms with E-state index in [9.17, 15) is 21.6 Å². The lowest BCUT2D eigenvalue weighted by Gasteiger charge is -2.39. The second kappa shape index (κ2) is 6.35. The molecule has 0 aromatic heterocycles. The second-order valence-electron chi connectivity index (χ2n) is 6.95. The van der Waals surface area contributed by atoms with E-state index in [2.05, 4.69) is 0 Å². The molecule has 2 aliphatic heterocycles. The highest BCUT2D eigenvalue weighted by Crippen LogP contribution is 2.59. The van der Waals surface area contributed by atoms with Crippen molar-refractivity contribution in [2.24, 2.45) is 5.73 Å². The third kappa shape index (κ3) is 2.68. The van der Waals surface area contributed by atoms with Gasteiger partial charge in [-0.25, -0.2) is 8.42 Å². The van der Waals surface area contributed by atoms with Crippen molar-refractivity contribution in [1.29, 1.82) is 0 Å². The first-order valence-corrected chi connectivity index (χ1v) is 10.1. The van der Waals surface area contributed by atoms with Gasteiger partial charge in [0.25, 0.3) is 0 Å². The maximum absolute atomic E-state index is 15.2. The van der Waals surface area contributed by atoms with E-state index in [-0.39, 0.29) is 16.7 Å². The van der Waals surface area contributed by atoms with Gasteiger partial charge in [-0.1, -0.05) is 24.3 Å². The Morgan fingerprint density at radius 2 is 1.60 bits per heavy atom. The van der Waals surface area contributed by atoms with Crippen LogP contribution in [0.25, 0.3) is 0 Å². The molecular formula is C19H15F5N3O2S+. The predicted octanol–water partition coefficient (Wildman–Crippen LogP) is 2.18. The summed E-state index contributed by atoms with van der Waals surface area (Å²) >= 11 is 0. The van der Waals surface area contributed by atoms with Crippen LogP contribution in [-0.4, -0.2) is 24.9 Å². The highest BCUT2D eigenvalue weighted by atomic mass is 32.2. The summed E-state index contributed by atoms with van der Waals surface area (Å²) in [6.07, 6.45) is -3.84. The van der Waals surface area contributed by atoms with Crippen LogP contribution in [0.15, 0.2) is 64.7 Å². The van der Waals surface area contributed by atoms with E-state index in [1.54, 1.807) is 6.07 Å². The Balaban J connectivity index is 1.92. The minimum atomic E-state index is -4.67. The molecule has 158 valence electrons. The Bertz CT molecular complexity index is 1170. The number of sulfonamides is 1. The smallest absolute Gasteiger partial charge is 0.397 e. The molecule has 0 saturated heterocycles. The molecule has 4 rings (SSSR count). The molecule has 4 N–H and O–H groups in total. The quantitative estimate of drug-likeness (QED) is 0.562. The number of alkyl halides is 5. The molecule has 0 fully saturated rings. The molecule has 30 heavy (non-hydrogen) atoms. The van der Waals surface area contributed by atoms with E-state index < -0.39 is 50.4 Å². The Labute approximate surface area is 168 Å². The molecule has 2 aromatic carbocycles. The van der Waals surface area contributed by atoms with Gasteiger partial charge >= 0.3 is 12.1 Å². The molecule has 0 amide bonds. The number of hydrogen-bond acceptors (Lipinski definition) is 3. The van der Waals surface area contributed by atoms with Crippen molar-refractivity contribution < 1.29 is 35.8 Å². The van der Waals surface area contributed by atoms with Crippen LogP contribution in [0, 0.1) is 0 Å². The first-order chi connectivity index (χ1) is 13.9. The highest BCUT2D eigenvalue weighted by molar-refractivity contribution is 7.89. The van der Waals surface area contributed by atoms with Crippen LogP contribution in [0.2, 0.25) is 0 Å². The zero-order chi connectivity index (χ0) is 22.1. The summed E-state index contributed by atoms with van der Waals surface area (Å²) in [4.78, 5) is -0.550. The van der Waals surface area contributed by atoms with E-state index in [4.69, 9.17) is 11.1 Å². The second-order valence-corrected chi connectivity index (χ2v) is 8.79. The number of benzene rings is 2. The minimum Gasteiger partial charge on any atom is -0.397 e. The first-order valence-electron chi connectivity index (χ1n) is 8.65. The molecule has 2 bridgehead atoms. The molecule has 2 heterocycles. The fourth-order valence-corrected chi connectivity index (χ4v) is 5.73. The van der Waals surface area contributed by atoms with E-state index in [1.807, 2.05) is 0 Å². The number of nitrogens with zero attached hydrogens (tertiary/aromatic N) is 1. The van der Waals surface area contributed by atoms with Crippen LogP contribution < -0.4 is 11.1 Å². The minimum absolute atomic E-state index is 0.0581. The lowest BCUT2D eigenvalue weighted by molar-refractivity contribution is -0.137. The zero-order valence-electron chi connectivity index (χ0n) is 15.1. The number of fused-ring (bicyclic) bond motifs is 5. The Kier molecular flexibility index (Phi) is 4.34. The molecule has 0 saturated carbocycles. The molecule has 2 unspecified atom stereocenters. The number of halogens is 5. The predicted molar refractivity (Wildman–Crippen MR) is 96.5 cm³/mol. The molecule has 2 atom stereocenters. The van der Waals surface area contributed by atoms with Gasteiger partial charge in [-0.2, -0.15) is 26.3 Å². The average molecular weight is 444 g/mol. The zero-order valence-corrected chi connectivity index (χ0v) is 15.9. The van der Waals surface area contributed by atoms with Gasteiger partial charge in [-0.05, 0) is 35.4 Å². The standard InChI is InChI=1S/C19H14F5N3O2S/c20-18(21)16(26)14(9-25)15-12-3-1-2-4-13(12)17(18)27(15)30(28,29)11-7-5-10(6-8-11)19(22,23)24/h1-9,15,17,25H,26H2/p+1. The summed E-state index contributed by atoms with van der Waals surface area (Å²) in [6.45, 7) is 0. The Hall–Kier alpha value is -2.79. The van der Waals surface area contributed by atoms with Crippen LogP contribution in [0.5, 0.6) is 0 Å². The van der Waals surface area contributed by atoms with Crippen molar-refractivity contribution in [3.8, 4) is 0 Å². The topological polar surface area (TPSA) is 89.0 Å². The molecule has 0 aliphatic carbocycles. The van der Waals surface area contributed by atoms with Gasteiger partial charge in [0, 0.05) is 0 Å². The third-order valence-electron chi connectivity index (χ3n) is 5.34. The van der Waals surface area contributed by atoms with Crippen molar-refractivity contribution in [1.82, 2.24) is 4.31 Å². The molecule has 0 radical (unpaired) electrons. The van der Waals surface area contributed by atoms with Crippen LogP contribution in [0.4, 0.5) is 22.0 Å². The van der Waals surface area contributed by atoms with Crippen molar-refractivity contribution in [2.45, 2.75) is 29.1 Å². The average Bonchev–Trinajstić information content (AvgIpc) is 3.01. The molecule has 2 aromatic rings. The summed E-state index contributed by atoms with van der Waals surface area (Å²) in [7, 11) is -4.64. The van der Waals surface area contributed by atoms with Crippen molar-refractivity contribution in [3.63, 3.8) is 0 Å². The largest absolute Gasteiger partial charge is 0.416 e. The van der Waals surface area contributed by atoms with E-state index in [1.165, 1.54) is 18.2 Å². The maximum Gasteiger partial charge on any atom is 0.416 e. The van der Waals surface area contributed by atoms with Crippen molar-refractivity contribution in [3.05, 3.63) is 76.5 Å². The van der Waals surface area contributed by atoms with Crippen LogP contribution >= 0.6 is 0 Å². The number of hydrogen-bond donors (Lipinski definition) is 2. The van der Waals surface area contributed by atoms with Gasteiger partial charge in [0.2, 0.25) is 10.0 Å². The van der Waals surface area contributed by atoms with E-state index in [0.717, 1.165) is 18.3 Å². The summed E-state index contributed by atoms with van der Waals surface area (Å²) in [5.74, 6) is -3.78. The van der Waals surface area contributed by atoms with Crippen molar-refractivity contribution in [2.75, 3.05) is 0 Å². The van der Waals surface area contributed by atoms with E-state index >= 15 is 8.78 Å². The Morgan fingerprint density at radius 3 is 2.13 bits per heavy atom. The molecule has 0 spiro atoms. The fraction of sp³-hybridized carbons (Fsp3) is 0.211. The van der Waals surface area contributed by atoms with Gasteiger partial charge < -0.3 is 5.73 Å². The summed E-state index contributed by atoms with van der Waals surface area (Å²) in [5.41, 5.74) is 3.83. The Morgan fingerprint density at radius 1 is 1.03 bits per heavy atom. The summed E-state index contributed by atoms with van der Waals surface area (Å²) in [5, 5.41) is 5.53. The van der Waals surface area contributed by atoms with Gasteiger partial charge in [0.05, 0.1) is 27.8 Å². The van der Waals surface area contributed by atoms with Gasteiger partial charge in [0.15, 0.2) is 6.21 Å². The number of rotatable bonds is 3. The summed E-state index contributed by atoms with van der Waals surface area (Å²) < 4.78 is 96.1. The maximum atomic E-state index is 15.2. The molecule has 11 heteroatoms. The SMILES string of the molecule is NC1=C(C=[NH2+])C2c3ccccc3C(N2S(=O)(=O)c2ccc(C(F)(F)F)cc2)C1(F)F. The van der Waals surface area contributed by atoms with Crippen LogP contribution in [0.3, 0.4) is 0 Å². The highest BCUT2D eigenvalue weighted by Gasteiger charge is 2.63. The van der Waals surface area contributed by atoms with Gasteiger partial charge in [-0.3, -0.25) is 5.41 Å². The lowest BCUT2D eigenvalue weighted by Crippen LogP contribution is -2.51. The normalized spacial score (nSPS) is 23.4. The van der Waals surface area contributed by atoms with Gasteiger partial charge in [0.1, 0.15) is 6.04 Å². The van der Waals surface area contributed by atoms with Crippen LogP contribution in [0.1, 0.15) is 28.8 Å². The first kappa shape index (κ1) is 20.5. The molecule has 5 nitrogen and oxygen atoms in total. The fourth-order valence-electron chi connectivity index (χ4n) is 3.97. The summed E-state index contributed by atoms with van der Waals surface area (Å²) in [6, 6.07) is 5.41. The number of nitrogens with two attached hydrogens (primary N) is 2.